The normalized spacial score (nSPS) is 17.3. The summed E-state index contributed by atoms with van der Waals surface area (Å²) >= 11 is 1.91. The van der Waals surface area contributed by atoms with E-state index in [2.05, 4.69) is 35.8 Å². The second-order valence-corrected chi connectivity index (χ2v) is 11.1. The summed E-state index contributed by atoms with van der Waals surface area (Å²) in [5.41, 5.74) is 2.63. The van der Waals surface area contributed by atoms with Gasteiger partial charge in [0.2, 0.25) is 5.91 Å². The van der Waals surface area contributed by atoms with E-state index in [1.807, 2.05) is 29.5 Å². The Morgan fingerprint density at radius 3 is 2.51 bits per heavy atom. The molecule has 1 saturated heterocycles. The minimum atomic E-state index is -0.0539. The van der Waals surface area contributed by atoms with E-state index in [4.69, 9.17) is 9.97 Å². The van der Waals surface area contributed by atoms with Crippen LogP contribution in [0.1, 0.15) is 80.1 Å². The maximum absolute atomic E-state index is 13.4. The first-order valence-electron chi connectivity index (χ1n) is 13.6. The number of fused-ring (bicyclic) bond motifs is 3. The maximum atomic E-state index is 13.4. The van der Waals surface area contributed by atoms with Crippen LogP contribution >= 0.6 is 11.3 Å². The molecule has 0 spiro atoms. The predicted octanol–water partition coefficient (Wildman–Crippen LogP) is 6.15. The molecule has 186 valence electrons. The summed E-state index contributed by atoms with van der Waals surface area (Å²) in [7, 11) is 0. The van der Waals surface area contributed by atoms with Gasteiger partial charge in [-0.15, -0.1) is 11.3 Å². The average molecular weight is 491 g/mol. The van der Waals surface area contributed by atoms with E-state index in [1.54, 1.807) is 0 Å². The molecule has 35 heavy (non-hydrogen) atoms. The van der Waals surface area contributed by atoms with Crippen LogP contribution in [0.5, 0.6) is 0 Å². The molecule has 1 aliphatic heterocycles. The highest BCUT2D eigenvalue weighted by molar-refractivity contribution is 7.19. The van der Waals surface area contributed by atoms with Crippen molar-refractivity contribution in [2.45, 2.75) is 77.6 Å². The summed E-state index contributed by atoms with van der Waals surface area (Å²) < 4.78 is 0. The van der Waals surface area contributed by atoms with E-state index in [0.29, 0.717) is 0 Å². The van der Waals surface area contributed by atoms with Crippen molar-refractivity contribution >= 4 is 33.3 Å². The molecule has 6 heteroatoms. The lowest BCUT2D eigenvalue weighted by molar-refractivity contribution is -0.133. The minimum Gasteiger partial charge on any atom is -0.352 e. The second kappa shape index (κ2) is 11.1. The number of nitrogens with zero attached hydrogens (tertiary/aromatic N) is 4. The number of rotatable bonds is 7. The van der Waals surface area contributed by atoms with Gasteiger partial charge < -0.3 is 9.80 Å². The van der Waals surface area contributed by atoms with Gasteiger partial charge in [-0.05, 0) is 49.7 Å². The third-order valence-electron chi connectivity index (χ3n) is 7.64. The molecule has 3 heterocycles. The molecule has 1 fully saturated rings. The lowest BCUT2D eigenvalue weighted by Crippen LogP contribution is -2.50. The van der Waals surface area contributed by atoms with Gasteiger partial charge >= 0.3 is 0 Å². The summed E-state index contributed by atoms with van der Waals surface area (Å²) in [6, 6.07) is 10.2. The number of carbonyl (C=O) groups excluding carboxylic acids is 1. The van der Waals surface area contributed by atoms with Crippen molar-refractivity contribution in [2.75, 3.05) is 31.1 Å². The van der Waals surface area contributed by atoms with Gasteiger partial charge in [-0.2, -0.15) is 0 Å². The van der Waals surface area contributed by atoms with Gasteiger partial charge in [0.1, 0.15) is 16.5 Å². The smallest absolute Gasteiger partial charge is 0.230 e. The van der Waals surface area contributed by atoms with Gasteiger partial charge in [0.25, 0.3) is 0 Å². The molecule has 1 atom stereocenters. The van der Waals surface area contributed by atoms with Crippen molar-refractivity contribution in [1.82, 2.24) is 14.9 Å². The van der Waals surface area contributed by atoms with Crippen molar-refractivity contribution in [3.63, 3.8) is 0 Å². The van der Waals surface area contributed by atoms with Gasteiger partial charge in [-0.3, -0.25) is 4.79 Å². The van der Waals surface area contributed by atoms with Crippen molar-refractivity contribution < 1.29 is 4.79 Å². The fourth-order valence-electron chi connectivity index (χ4n) is 5.63. The number of aromatic nitrogens is 2. The molecule has 2 aliphatic rings. The van der Waals surface area contributed by atoms with Crippen LogP contribution in [0.25, 0.3) is 10.2 Å². The fraction of sp³-hybridized carbons (Fsp3) is 0.552. The van der Waals surface area contributed by atoms with Crippen LogP contribution in [0.2, 0.25) is 0 Å². The Bertz CT molecular complexity index is 1150. The Hall–Kier alpha value is -2.47. The van der Waals surface area contributed by atoms with Crippen LogP contribution in [0.3, 0.4) is 0 Å². The monoisotopic (exact) mass is 490 g/mol. The first kappa shape index (κ1) is 24.2. The molecule has 0 unspecified atom stereocenters. The van der Waals surface area contributed by atoms with Crippen LogP contribution in [0.4, 0.5) is 5.82 Å². The number of piperazine rings is 1. The molecule has 1 aromatic carbocycles. The molecule has 5 nitrogen and oxygen atoms in total. The molecular formula is C29H38N4OS. The van der Waals surface area contributed by atoms with Gasteiger partial charge in [-0.1, -0.05) is 57.0 Å². The van der Waals surface area contributed by atoms with E-state index >= 15 is 0 Å². The van der Waals surface area contributed by atoms with E-state index in [-0.39, 0.29) is 11.8 Å². The Kier molecular flexibility index (Phi) is 7.66. The van der Waals surface area contributed by atoms with E-state index in [9.17, 15) is 4.79 Å². The fourth-order valence-corrected chi connectivity index (χ4v) is 6.91. The van der Waals surface area contributed by atoms with Crippen molar-refractivity contribution in [3.05, 3.63) is 52.2 Å². The summed E-state index contributed by atoms with van der Waals surface area (Å²) in [5.74, 6) is 2.32. The predicted molar refractivity (Wildman–Crippen MR) is 146 cm³/mol. The first-order valence-corrected chi connectivity index (χ1v) is 14.4. The molecular weight excluding hydrogens is 452 g/mol. The van der Waals surface area contributed by atoms with Gasteiger partial charge in [0, 0.05) is 37.5 Å². The Morgan fingerprint density at radius 2 is 1.77 bits per heavy atom. The van der Waals surface area contributed by atoms with Crippen LogP contribution < -0.4 is 4.90 Å². The van der Waals surface area contributed by atoms with Crippen molar-refractivity contribution in [1.29, 1.82) is 0 Å². The SMILES string of the molecule is CCCCc1nc(N2CCN(C(=O)[C@H](CC)c3ccccc3)CC2)c2c3c(sc2n1)CCCCC3. The lowest BCUT2D eigenvalue weighted by atomic mass is 9.95. The largest absolute Gasteiger partial charge is 0.352 e. The minimum absolute atomic E-state index is 0.0539. The van der Waals surface area contributed by atoms with Crippen molar-refractivity contribution in [2.24, 2.45) is 0 Å². The molecule has 5 rings (SSSR count). The van der Waals surface area contributed by atoms with Crippen LogP contribution in [0, 0.1) is 0 Å². The highest BCUT2D eigenvalue weighted by Gasteiger charge is 2.30. The number of anilines is 1. The third kappa shape index (κ3) is 5.09. The highest BCUT2D eigenvalue weighted by Crippen LogP contribution is 2.39. The molecule has 1 amide bonds. The van der Waals surface area contributed by atoms with Crippen LogP contribution in [-0.4, -0.2) is 47.0 Å². The summed E-state index contributed by atoms with van der Waals surface area (Å²) in [6.45, 7) is 7.52. The summed E-state index contributed by atoms with van der Waals surface area (Å²) in [6.07, 6.45) is 10.2. The zero-order chi connectivity index (χ0) is 24.2. The average Bonchev–Trinajstić information content (AvgIpc) is 3.08. The number of unbranched alkanes of at least 4 members (excludes halogenated alkanes) is 1. The van der Waals surface area contributed by atoms with Crippen molar-refractivity contribution in [3.8, 4) is 0 Å². The van der Waals surface area contributed by atoms with Gasteiger partial charge in [-0.25, -0.2) is 9.97 Å². The third-order valence-corrected chi connectivity index (χ3v) is 8.83. The zero-order valence-electron chi connectivity index (χ0n) is 21.3. The standard InChI is InChI=1S/C29H38N4OS/c1-3-5-16-25-30-27(26-23-14-10-7-11-15-24(23)35-28(26)31-25)32-17-19-33(20-18-32)29(34)22(4-2)21-12-8-6-9-13-21/h6,8-9,12-13,22H,3-5,7,10-11,14-20H2,1-2H3/t22-/m1/s1. The maximum Gasteiger partial charge on any atom is 0.230 e. The van der Waals surface area contributed by atoms with Crippen LogP contribution in [0.15, 0.2) is 30.3 Å². The molecule has 2 aromatic heterocycles. The Labute approximate surface area is 213 Å². The Balaban J connectivity index is 1.39. The first-order chi connectivity index (χ1) is 17.2. The number of aryl methyl sites for hydroxylation is 3. The zero-order valence-corrected chi connectivity index (χ0v) is 22.1. The van der Waals surface area contributed by atoms with E-state index < -0.39 is 0 Å². The molecule has 3 aromatic rings. The molecule has 0 N–H and O–H groups in total. The van der Waals surface area contributed by atoms with Crippen LogP contribution in [-0.2, 0) is 24.1 Å². The molecule has 0 saturated carbocycles. The number of hydrogen-bond acceptors (Lipinski definition) is 5. The summed E-state index contributed by atoms with van der Waals surface area (Å²) in [4.78, 5) is 30.8. The topological polar surface area (TPSA) is 49.3 Å². The van der Waals surface area contributed by atoms with E-state index in [0.717, 1.165) is 75.5 Å². The summed E-state index contributed by atoms with van der Waals surface area (Å²) in [5, 5.41) is 1.31. The molecule has 1 aliphatic carbocycles. The number of thiophene rings is 1. The molecule has 0 bridgehead atoms. The molecule has 0 radical (unpaired) electrons. The number of carbonyl (C=O) groups is 1. The van der Waals surface area contributed by atoms with Gasteiger partial charge in [0.15, 0.2) is 0 Å². The lowest BCUT2D eigenvalue weighted by Gasteiger charge is -2.37. The number of amides is 1. The highest BCUT2D eigenvalue weighted by atomic mass is 32.1. The number of hydrogen-bond donors (Lipinski definition) is 0. The second-order valence-electron chi connectivity index (χ2n) is 10.00. The van der Waals surface area contributed by atoms with Gasteiger partial charge in [0.05, 0.1) is 11.3 Å². The quantitative estimate of drug-likeness (QED) is 0.373. The number of benzene rings is 1. The Morgan fingerprint density at radius 1 is 1.00 bits per heavy atom. The van der Waals surface area contributed by atoms with E-state index in [1.165, 1.54) is 46.3 Å².